The number of nitrogens with zero attached hydrogens (tertiary/aromatic N) is 2. The average molecular weight is 364 g/mol. The van der Waals surface area contributed by atoms with Gasteiger partial charge in [-0.3, -0.25) is 9.69 Å². The number of hydrogen-bond acceptors (Lipinski definition) is 3. The molecule has 7 heteroatoms. The van der Waals surface area contributed by atoms with Crippen molar-refractivity contribution in [1.29, 1.82) is 0 Å². The zero-order chi connectivity index (χ0) is 18.7. The largest absolute Gasteiger partial charge is 0.573 e. The Bertz CT molecular complexity index is 792. The number of anilines is 1. The first kappa shape index (κ1) is 18.3. The van der Waals surface area contributed by atoms with E-state index in [0.717, 1.165) is 17.7 Å². The molecule has 26 heavy (non-hydrogen) atoms. The van der Waals surface area contributed by atoms with E-state index in [1.165, 1.54) is 12.1 Å². The van der Waals surface area contributed by atoms with Gasteiger partial charge in [0.2, 0.25) is 5.91 Å². The van der Waals surface area contributed by atoms with E-state index in [1.807, 2.05) is 24.3 Å². The second-order valence-electron chi connectivity index (χ2n) is 6.25. The number of benzene rings is 2. The molecular formula is C19H19F3N2O2. The van der Waals surface area contributed by atoms with Crippen LogP contribution in [0.5, 0.6) is 5.75 Å². The Balaban J connectivity index is 1.65. The van der Waals surface area contributed by atoms with Crippen LogP contribution in [0.4, 0.5) is 18.9 Å². The lowest BCUT2D eigenvalue weighted by Gasteiger charge is -2.23. The zero-order valence-electron chi connectivity index (χ0n) is 14.3. The van der Waals surface area contributed by atoms with Crippen molar-refractivity contribution in [3.05, 3.63) is 59.7 Å². The van der Waals surface area contributed by atoms with Crippen molar-refractivity contribution in [3.8, 4) is 5.75 Å². The first-order valence-corrected chi connectivity index (χ1v) is 8.24. The predicted molar refractivity (Wildman–Crippen MR) is 92.0 cm³/mol. The third-order valence-electron chi connectivity index (χ3n) is 4.23. The van der Waals surface area contributed by atoms with E-state index in [-0.39, 0.29) is 24.7 Å². The fraction of sp³-hybridized carbons (Fsp3) is 0.316. The molecule has 3 rings (SSSR count). The molecule has 0 N–H and O–H groups in total. The van der Waals surface area contributed by atoms with Gasteiger partial charge in [-0.05, 0) is 31.2 Å². The van der Waals surface area contributed by atoms with Crippen molar-refractivity contribution in [2.45, 2.75) is 19.3 Å². The zero-order valence-corrected chi connectivity index (χ0v) is 14.3. The van der Waals surface area contributed by atoms with Gasteiger partial charge in [0.15, 0.2) is 0 Å². The second-order valence-corrected chi connectivity index (χ2v) is 6.25. The van der Waals surface area contributed by atoms with E-state index in [9.17, 15) is 18.0 Å². The third-order valence-corrected chi connectivity index (χ3v) is 4.23. The highest BCUT2D eigenvalue weighted by Crippen LogP contribution is 2.29. The molecule has 1 aliphatic rings. The number of ether oxygens (including phenoxy) is 1. The number of hydrogen-bond donors (Lipinski definition) is 0. The van der Waals surface area contributed by atoms with Gasteiger partial charge < -0.3 is 9.64 Å². The summed E-state index contributed by atoms with van der Waals surface area (Å²) in [6, 6.07) is 13.7. The summed E-state index contributed by atoms with van der Waals surface area (Å²) < 4.78 is 41.6. The number of fused-ring (bicyclic) bond motifs is 1. The molecule has 0 unspecified atom stereocenters. The molecule has 4 nitrogen and oxygen atoms in total. The van der Waals surface area contributed by atoms with Crippen molar-refractivity contribution in [1.82, 2.24) is 4.90 Å². The molecule has 0 saturated heterocycles. The van der Waals surface area contributed by atoms with Crippen molar-refractivity contribution < 1.29 is 22.7 Å². The van der Waals surface area contributed by atoms with Gasteiger partial charge in [-0.2, -0.15) is 0 Å². The molecule has 0 aromatic heterocycles. The van der Waals surface area contributed by atoms with Crippen LogP contribution in [0.2, 0.25) is 0 Å². The molecule has 138 valence electrons. The summed E-state index contributed by atoms with van der Waals surface area (Å²) in [7, 11) is 1.70. The molecule has 0 saturated carbocycles. The van der Waals surface area contributed by atoms with Gasteiger partial charge in [0.1, 0.15) is 5.75 Å². The van der Waals surface area contributed by atoms with Gasteiger partial charge >= 0.3 is 6.36 Å². The summed E-state index contributed by atoms with van der Waals surface area (Å²) in [5.41, 5.74) is 2.42. The Morgan fingerprint density at radius 1 is 1.15 bits per heavy atom. The number of alkyl halides is 3. The third kappa shape index (κ3) is 4.35. The number of carbonyl (C=O) groups excluding carboxylic acids is 1. The first-order valence-electron chi connectivity index (χ1n) is 8.24. The number of amides is 1. The summed E-state index contributed by atoms with van der Waals surface area (Å²) in [6.07, 6.45) is -3.93. The molecule has 1 aliphatic heterocycles. The summed E-state index contributed by atoms with van der Waals surface area (Å²) in [5, 5.41) is 0. The molecule has 2 aromatic carbocycles. The van der Waals surface area contributed by atoms with Crippen LogP contribution in [0.3, 0.4) is 0 Å². The Morgan fingerprint density at radius 3 is 2.62 bits per heavy atom. The Morgan fingerprint density at radius 2 is 1.85 bits per heavy atom. The monoisotopic (exact) mass is 364 g/mol. The minimum atomic E-state index is -4.75. The number of rotatable bonds is 5. The van der Waals surface area contributed by atoms with Crippen LogP contribution in [-0.2, 0) is 17.8 Å². The van der Waals surface area contributed by atoms with Crippen molar-refractivity contribution in [2.24, 2.45) is 0 Å². The lowest BCUT2D eigenvalue weighted by molar-refractivity contribution is -0.275. The molecule has 0 atom stereocenters. The fourth-order valence-corrected chi connectivity index (χ4v) is 3.12. The molecule has 0 spiro atoms. The Kier molecular flexibility index (Phi) is 5.18. The minimum Gasteiger partial charge on any atom is -0.405 e. The maximum Gasteiger partial charge on any atom is 0.573 e. The summed E-state index contributed by atoms with van der Waals surface area (Å²) in [4.78, 5) is 16.0. The smallest absolute Gasteiger partial charge is 0.405 e. The molecule has 0 aliphatic carbocycles. The molecule has 0 fully saturated rings. The van der Waals surface area contributed by atoms with Crippen LogP contribution in [0.1, 0.15) is 11.1 Å². The van der Waals surface area contributed by atoms with Gasteiger partial charge in [-0.1, -0.05) is 36.4 Å². The van der Waals surface area contributed by atoms with E-state index >= 15 is 0 Å². The van der Waals surface area contributed by atoms with Crippen LogP contribution < -0.4 is 9.64 Å². The van der Waals surface area contributed by atoms with Crippen LogP contribution >= 0.6 is 0 Å². The second kappa shape index (κ2) is 7.37. The summed E-state index contributed by atoms with van der Waals surface area (Å²) in [6.45, 7) is 0.905. The quantitative estimate of drug-likeness (QED) is 0.813. The molecule has 1 heterocycles. The Labute approximate surface area is 149 Å². The molecule has 0 bridgehead atoms. The maximum atomic E-state index is 12.6. The summed E-state index contributed by atoms with van der Waals surface area (Å²) >= 11 is 0. The van der Waals surface area contributed by atoms with E-state index in [2.05, 4.69) is 4.74 Å². The average Bonchev–Trinajstić information content (AvgIpc) is 2.99. The normalized spacial score (nSPS) is 13.8. The van der Waals surface area contributed by atoms with Crippen molar-refractivity contribution >= 4 is 11.6 Å². The SMILES string of the molecule is CN(CC(=O)N1CCc2ccccc21)Cc1ccccc1OC(F)(F)F. The van der Waals surface area contributed by atoms with Crippen molar-refractivity contribution in [3.63, 3.8) is 0 Å². The topological polar surface area (TPSA) is 32.8 Å². The van der Waals surface area contributed by atoms with Gasteiger partial charge in [0.25, 0.3) is 0 Å². The lowest BCUT2D eigenvalue weighted by Crippen LogP contribution is -2.38. The number of likely N-dealkylation sites (N-methyl/N-ethyl adjacent to an activating group) is 1. The maximum absolute atomic E-state index is 12.6. The highest BCUT2D eigenvalue weighted by molar-refractivity contribution is 5.96. The molecule has 1 amide bonds. The van der Waals surface area contributed by atoms with Gasteiger partial charge in [-0.15, -0.1) is 13.2 Å². The number of carbonyl (C=O) groups is 1. The van der Waals surface area contributed by atoms with Crippen LogP contribution in [0, 0.1) is 0 Å². The van der Waals surface area contributed by atoms with Crippen LogP contribution in [0.15, 0.2) is 48.5 Å². The Hall–Kier alpha value is -2.54. The van der Waals surface area contributed by atoms with Gasteiger partial charge in [-0.25, -0.2) is 0 Å². The standard InChI is InChI=1S/C19H19F3N2O2/c1-23(12-15-7-3-5-9-17(15)26-19(20,21)22)13-18(25)24-11-10-14-6-2-4-8-16(14)24/h2-9H,10-13H2,1H3. The van der Waals surface area contributed by atoms with E-state index in [0.29, 0.717) is 12.1 Å². The van der Waals surface area contributed by atoms with Crippen LogP contribution in [0.25, 0.3) is 0 Å². The van der Waals surface area contributed by atoms with E-state index in [4.69, 9.17) is 0 Å². The minimum absolute atomic E-state index is 0.0772. The molecule has 0 radical (unpaired) electrons. The van der Waals surface area contributed by atoms with Gasteiger partial charge in [0.05, 0.1) is 6.54 Å². The van der Waals surface area contributed by atoms with Gasteiger partial charge in [0, 0.05) is 24.3 Å². The highest BCUT2D eigenvalue weighted by Gasteiger charge is 2.32. The van der Waals surface area contributed by atoms with E-state index < -0.39 is 6.36 Å². The van der Waals surface area contributed by atoms with E-state index in [1.54, 1.807) is 29.0 Å². The number of halogens is 3. The lowest BCUT2D eigenvalue weighted by atomic mass is 10.2. The highest BCUT2D eigenvalue weighted by atomic mass is 19.4. The molecule has 2 aromatic rings. The predicted octanol–water partition coefficient (Wildman–Crippen LogP) is 3.61. The molecular weight excluding hydrogens is 345 g/mol. The number of para-hydroxylation sites is 2. The van der Waals surface area contributed by atoms with Crippen LogP contribution in [-0.4, -0.2) is 37.3 Å². The fourth-order valence-electron chi connectivity index (χ4n) is 3.12. The first-order chi connectivity index (χ1) is 12.3. The summed E-state index contributed by atoms with van der Waals surface area (Å²) in [5.74, 6) is -0.322. The van der Waals surface area contributed by atoms with Crippen molar-refractivity contribution in [2.75, 3.05) is 25.0 Å².